The molecule has 0 unspecified atom stereocenters. The summed E-state index contributed by atoms with van der Waals surface area (Å²) >= 11 is 12.1. The first-order valence-corrected chi connectivity index (χ1v) is 14.3. The molecule has 2 aliphatic heterocycles. The molecule has 0 radical (unpaired) electrons. The second-order valence-corrected chi connectivity index (χ2v) is 11.1. The summed E-state index contributed by atoms with van der Waals surface area (Å²) in [5.41, 5.74) is 1.94. The summed E-state index contributed by atoms with van der Waals surface area (Å²) in [4.78, 5) is 18.4. The molecular formula is C30H33Cl2N3O5. The van der Waals surface area contributed by atoms with E-state index in [1.165, 1.54) is 6.42 Å². The maximum atomic E-state index is 11.3. The third-order valence-electron chi connectivity index (χ3n) is 7.34. The molecule has 0 saturated carbocycles. The number of imidazole rings is 1. The monoisotopic (exact) mass is 585 g/mol. The highest BCUT2D eigenvalue weighted by Crippen LogP contribution is 2.29. The highest BCUT2D eigenvalue weighted by Gasteiger charge is 2.22. The van der Waals surface area contributed by atoms with E-state index in [1.807, 2.05) is 23.7 Å². The summed E-state index contributed by atoms with van der Waals surface area (Å²) < 4.78 is 18.5. The minimum atomic E-state index is -0.927. The maximum Gasteiger partial charge on any atom is 0.335 e. The molecule has 6 rings (SSSR count). The standard InChI is InChI=1S/C27H27Cl2N3O4.C3H6O/c1-31-24-13-18(27(33)34)2-6-23(24)30-26(31)15-32-10-8-17(9-11-32)12-20-4-5-21(36-20)16-35-25-7-3-19(28)14-22(25)29;1-2-4-3-1/h2-7,13-14,17H,8-12,15-16H2,1H3,(H,33,34);1-3H2. The number of nitrogens with zero attached hydrogens (tertiary/aromatic N) is 3. The molecule has 0 spiro atoms. The quantitative estimate of drug-likeness (QED) is 0.249. The zero-order valence-corrected chi connectivity index (χ0v) is 24.0. The number of benzene rings is 2. The van der Waals surface area contributed by atoms with Gasteiger partial charge in [-0.1, -0.05) is 23.2 Å². The van der Waals surface area contributed by atoms with Gasteiger partial charge in [0.05, 0.1) is 28.2 Å². The number of likely N-dealkylation sites (tertiary alicyclic amines) is 1. The van der Waals surface area contributed by atoms with E-state index in [9.17, 15) is 9.90 Å². The van der Waals surface area contributed by atoms with Gasteiger partial charge in [0, 0.05) is 31.7 Å². The number of furan rings is 1. The van der Waals surface area contributed by atoms with E-state index in [-0.39, 0.29) is 5.56 Å². The van der Waals surface area contributed by atoms with Gasteiger partial charge in [0.2, 0.25) is 0 Å². The lowest BCUT2D eigenvalue weighted by molar-refractivity contribution is 0.0367. The molecule has 2 saturated heterocycles. The minimum Gasteiger partial charge on any atom is -0.484 e. The molecule has 4 heterocycles. The van der Waals surface area contributed by atoms with Crippen LogP contribution < -0.4 is 4.74 Å². The molecule has 10 heteroatoms. The van der Waals surface area contributed by atoms with Crippen molar-refractivity contribution >= 4 is 40.2 Å². The Bertz CT molecular complexity index is 1450. The molecule has 212 valence electrons. The molecule has 1 N–H and O–H groups in total. The van der Waals surface area contributed by atoms with Crippen molar-refractivity contribution < 1.29 is 23.8 Å². The largest absolute Gasteiger partial charge is 0.484 e. The van der Waals surface area contributed by atoms with Gasteiger partial charge in [-0.25, -0.2) is 9.78 Å². The van der Waals surface area contributed by atoms with Crippen LogP contribution in [0.25, 0.3) is 11.0 Å². The van der Waals surface area contributed by atoms with Gasteiger partial charge in [-0.05, 0) is 86.8 Å². The van der Waals surface area contributed by atoms with Crippen LogP contribution in [0.1, 0.15) is 47.0 Å². The topological polar surface area (TPSA) is 90.0 Å². The molecule has 0 bridgehead atoms. The van der Waals surface area contributed by atoms with Crippen LogP contribution in [0.2, 0.25) is 10.0 Å². The third-order valence-corrected chi connectivity index (χ3v) is 7.87. The van der Waals surface area contributed by atoms with Crippen molar-refractivity contribution in [2.45, 2.75) is 38.8 Å². The Morgan fingerprint density at radius 1 is 1.07 bits per heavy atom. The van der Waals surface area contributed by atoms with Gasteiger partial charge in [-0.2, -0.15) is 0 Å². The van der Waals surface area contributed by atoms with Gasteiger partial charge in [-0.3, -0.25) is 4.90 Å². The normalized spacial score (nSPS) is 15.9. The Morgan fingerprint density at radius 2 is 1.80 bits per heavy atom. The summed E-state index contributed by atoms with van der Waals surface area (Å²) in [5.74, 6) is 2.89. The first kappa shape index (κ1) is 28.5. The van der Waals surface area contributed by atoms with Gasteiger partial charge in [0.25, 0.3) is 0 Å². The van der Waals surface area contributed by atoms with E-state index in [1.54, 1.807) is 36.4 Å². The van der Waals surface area contributed by atoms with Crippen molar-refractivity contribution in [2.24, 2.45) is 13.0 Å². The van der Waals surface area contributed by atoms with Crippen molar-refractivity contribution in [3.8, 4) is 5.75 Å². The number of aryl methyl sites for hydroxylation is 1. The van der Waals surface area contributed by atoms with Crippen molar-refractivity contribution in [1.82, 2.24) is 14.5 Å². The average molecular weight is 587 g/mol. The van der Waals surface area contributed by atoms with E-state index in [4.69, 9.17) is 42.1 Å². The number of fused-ring (bicyclic) bond motifs is 1. The first-order chi connectivity index (χ1) is 19.4. The zero-order valence-electron chi connectivity index (χ0n) is 22.4. The number of piperidine rings is 1. The predicted molar refractivity (Wildman–Crippen MR) is 154 cm³/mol. The summed E-state index contributed by atoms with van der Waals surface area (Å²) in [5, 5.41) is 10.3. The molecular weight excluding hydrogens is 553 g/mol. The number of hydrogen-bond donors (Lipinski definition) is 1. The van der Waals surface area contributed by atoms with Crippen LogP contribution in [0, 0.1) is 5.92 Å². The number of aromatic carboxylic acids is 1. The number of hydrogen-bond acceptors (Lipinski definition) is 6. The van der Waals surface area contributed by atoms with Crippen LogP contribution in [0.3, 0.4) is 0 Å². The fraction of sp³-hybridized carbons (Fsp3) is 0.400. The average Bonchev–Trinajstić information content (AvgIpc) is 3.47. The molecule has 2 aromatic carbocycles. The second kappa shape index (κ2) is 13.1. The number of ether oxygens (including phenoxy) is 2. The van der Waals surface area contributed by atoms with E-state index in [0.29, 0.717) is 28.3 Å². The van der Waals surface area contributed by atoms with Crippen LogP contribution in [-0.2, 0) is 31.4 Å². The van der Waals surface area contributed by atoms with Crippen LogP contribution >= 0.6 is 23.2 Å². The van der Waals surface area contributed by atoms with E-state index >= 15 is 0 Å². The predicted octanol–water partition coefficient (Wildman–Crippen LogP) is 6.61. The lowest BCUT2D eigenvalue weighted by Crippen LogP contribution is -2.34. The van der Waals surface area contributed by atoms with Gasteiger partial charge in [-0.15, -0.1) is 0 Å². The summed E-state index contributed by atoms with van der Waals surface area (Å²) in [6.45, 7) is 5.03. The SMILES string of the molecule is C1COC1.Cn1c(CN2CCC(Cc3ccc(COc4ccc(Cl)cc4Cl)o3)CC2)nc2ccc(C(=O)O)cc21. The number of carboxylic acid groups (broad SMARTS) is 1. The van der Waals surface area contributed by atoms with Gasteiger partial charge < -0.3 is 23.6 Å². The molecule has 0 atom stereocenters. The smallest absolute Gasteiger partial charge is 0.335 e. The summed E-state index contributed by atoms with van der Waals surface area (Å²) in [6.07, 6.45) is 4.35. The Kier molecular flexibility index (Phi) is 9.32. The number of rotatable bonds is 8. The van der Waals surface area contributed by atoms with Gasteiger partial charge in [0.15, 0.2) is 0 Å². The van der Waals surface area contributed by atoms with Crippen LogP contribution in [0.5, 0.6) is 5.75 Å². The molecule has 0 aliphatic carbocycles. The first-order valence-electron chi connectivity index (χ1n) is 13.5. The van der Waals surface area contributed by atoms with E-state index < -0.39 is 5.97 Å². The van der Waals surface area contributed by atoms with Gasteiger partial charge >= 0.3 is 5.97 Å². The maximum absolute atomic E-state index is 11.3. The van der Waals surface area contributed by atoms with E-state index in [0.717, 1.165) is 80.5 Å². The van der Waals surface area contributed by atoms with Crippen LogP contribution in [0.4, 0.5) is 0 Å². The van der Waals surface area contributed by atoms with E-state index in [2.05, 4.69) is 4.90 Å². The number of aromatic nitrogens is 2. The molecule has 4 aromatic rings. The van der Waals surface area contributed by atoms with Gasteiger partial charge in [0.1, 0.15) is 29.7 Å². The van der Waals surface area contributed by atoms with Crippen LogP contribution in [0.15, 0.2) is 52.9 Å². The molecule has 40 heavy (non-hydrogen) atoms. The fourth-order valence-electron chi connectivity index (χ4n) is 4.84. The lowest BCUT2D eigenvalue weighted by Gasteiger charge is -2.31. The van der Waals surface area contributed by atoms with Crippen molar-refractivity contribution in [3.63, 3.8) is 0 Å². The molecule has 8 nitrogen and oxygen atoms in total. The Hall–Kier alpha value is -3.04. The Balaban J connectivity index is 0.000000741. The zero-order chi connectivity index (χ0) is 28.1. The van der Waals surface area contributed by atoms with Crippen molar-refractivity contribution in [1.29, 1.82) is 0 Å². The minimum absolute atomic E-state index is 0.277. The third kappa shape index (κ3) is 7.18. The molecule has 2 fully saturated rings. The summed E-state index contributed by atoms with van der Waals surface area (Å²) in [7, 11) is 1.95. The molecule has 0 amide bonds. The van der Waals surface area contributed by atoms with Crippen molar-refractivity contribution in [3.05, 3.63) is 81.5 Å². The fourth-order valence-corrected chi connectivity index (χ4v) is 5.31. The lowest BCUT2D eigenvalue weighted by atomic mass is 9.92. The summed E-state index contributed by atoms with van der Waals surface area (Å²) in [6, 6.07) is 14.2. The number of carbonyl (C=O) groups is 1. The number of halogens is 2. The molecule has 2 aliphatic rings. The van der Waals surface area contributed by atoms with Crippen LogP contribution in [-0.4, -0.2) is 51.8 Å². The second-order valence-electron chi connectivity index (χ2n) is 10.2. The highest BCUT2D eigenvalue weighted by atomic mass is 35.5. The van der Waals surface area contributed by atoms with Crippen molar-refractivity contribution in [2.75, 3.05) is 26.3 Å². The highest BCUT2D eigenvalue weighted by molar-refractivity contribution is 6.35. The number of carboxylic acids is 1. The Morgan fingerprint density at radius 3 is 2.48 bits per heavy atom. The Labute approximate surface area is 243 Å². The molecule has 2 aromatic heterocycles.